The van der Waals surface area contributed by atoms with Crippen LogP contribution in [-0.2, 0) is 20.7 Å². The van der Waals surface area contributed by atoms with E-state index in [1.54, 1.807) is 42.6 Å². The van der Waals surface area contributed by atoms with Gasteiger partial charge in [-0.1, -0.05) is 29.8 Å². The molecule has 4 rings (SSSR count). The number of nitrogens with one attached hydrogen (secondary N) is 1. The van der Waals surface area contributed by atoms with Crippen molar-refractivity contribution in [3.8, 4) is 23.1 Å². The Morgan fingerprint density at radius 2 is 1.88 bits per heavy atom. The third kappa shape index (κ3) is 5.49. The zero-order chi connectivity index (χ0) is 23.9. The second-order valence-corrected chi connectivity index (χ2v) is 7.54. The molecule has 0 unspecified atom stereocenters. The molecule has 2 aromatic carbocycles. The zero-order valence-electron chi connectivity index (χ0n) is 17.8. The SMILES string of the molecule is N#Cc1cnn(-c2ccccc2)c1NC(=O)COC(=O)CCc1ncc(-c2ccc(Cl)cc2)o1. The van der Waals surface area contributed by atoms with Crippen LogP contribution in [0, 0.1) is 11.3 Å². The number of carbonyl (C=O) groups is 2. The Morgan fingerprint density at radius 3 is 2.62 bits per heavy atom. The van der Waals surface area contributed by atoms with E-state index in [2.05, 4.69) is 15.4 Å². The van der Waals surface area contributed by atoms with Crippen LogP contribution in [0.1, 0.15) is 17.9 Å². The highest BCUT2D eigenvalue weighted by atomic mass is 35.5. The molecule has 0 aliphatic rings. The number of halogens is 1. The second kappa shape index (κ2) is 10.5. The Bertz CT molecular complexity index is 1340. The molecule has 0 fully saturated rings. The molecule has 10 heteroatoms. The minimum absolute atomic E-state index is 0.0146. The van der Waals surface area contributed by atoms with Crippen molar-refractivity contribution in [1.82, 2.24) is 14.8 Å². The summed E-state index contributed by atoms with van der Waals surface area (Å²) >= 11 is 5.89. The molecule has 2 heterocycles. The van der Waals surface area contributed by atoms with Crippen LogP contribution in [0.25, 0.3) is 17.0 Å². The van der Waals surface area contributed by atoms with Crippen LogP contribution in [-0.4, -0.2) is 33.2 Å². The maximum absolute atomic E-state index is 12.3. The number of anilines is 1. The van der Waals surface area contributed by atoms with Gasteiger partial charge < -0.3 is 14.5 Å². The van der Waals surface area contributed by atoms with Crippen LogP contribution in [0.15, 0.2) is 71.4 Å². The van der Waals surface area contributed by atoms with Gasteiger partial charge in [-0.15, -0.1) is 0 Å². The number of nitrogens with zero attached hydrogens (tertiary/aromatic N) is 4. The van der Waals surface area contributed by atoms with Crippen molar-refractivity contribution in [3.05, 3.63) is 83.5 Å². The van der Waals surface area contributed by atoms with Gasteiger partial charge in [0.25, 0.3) is 5.91 Å². The molecule has 0 aliphatic carbocycles. The number of benzene rings is 2. The molecule has 0 saturated heterocycles. The summed E-state index contributed by atoms with van der Waals surface area (Å²) in [5.74, 6) is -0.0501. The number of rotatable bonds is 8. The van der Waals surface area contributed by atoms with Crippen LogP contribution in [0.3, 0.4) is 0 Å². The molecule has 34 heavy (non-hydrogen) atoms. The lowest BCUT2D eigenvalue weighted by atomic mass is 10.2. The number of hydrogen-bond acceptors (Lipinski definition) is 7. The number of ether oxygens (including phenoxy) is 1. The first-order valence-corrected chi connectivity index (χ1v) is 10.6. The van der Waals surface area contributed by atoms with Crippen LogP contribution in [0.2, 0.25) is 5.02 Å². The van der Waals surface area contributed by atoms with E-state index in [-0.39, 0.29) is 24.2 Å². The fourth-order valence-electron chi connectivity index (χ4n) is 3.08. The molecule has 1 N–H and O–H groups in total. The smallest absolute Gasteiger partial charge is 0.306 e. The predicted molar refractivity (Wildman–Crippen MR) is 123 cm³/mol. The summed E-state index contributed by atoms with van der Waals surface area (Å²) in [5.41, 5.74) is 1.66. The zero-order valence-corrected chi connectivity index (χ0v) is 18.5. The average molecular weight is 476 g/mol. The summed E-state index contributed by atoms with van der Waals surface area (Å²) in [7, 11) is 0. The minimum Gasteiger partial charge on any atom is -0.456 e. The minimum atomic E-state index is -0.594. The molecule has 0 bridgehead atoms. The van der Waals surface area contributed by atoms with Gasteiger partial charge in [-0.05, 0) is 36.4 Å². The molecule has 1 amide bonds. The molecular weight excluding hydrogens is 458 g/mol. The number of aromatic nitrogens is 3. The van der Waals surface area contributed by atoms with E-state index in [0.29, 0.717) is 22.4 Å². The third-order valence-corrected chi connectivity index (χ3v) is 4.99. The van der Waals surface area contributed by atoms with E-state index in [9.17, 15) is 14.9 Å². The largest absolute Gasteiger partial charge is 0.456 e. The summed E-state index contributed by atoms with van der Waals surface area (Å²) in [6.07, 6.45) is 3.12. The maximum Gasteiger partial charge on any atom is 0.306 e. The monoisotopic (exact) mass is 475 g/mol. The van der Waals surface area contributed by atoms with Crippen LogP contribution >= 0.6 is 11.6 Å². The summed E-state index contributed by atoms with van der Waals surface area (Å²) in [6.45, 7) is -0.509. The molecule has 4 aromatic rings. The Hall–Kier alpha value is -4.42. The number of hydrogen-bond donors (Lipinski definition) is 1. The summed E-state index contributed by atoms with van der Waals surface area (Å²) in [4.78, 5) is 28.6. The van der Waals surface area contributed by atoms with Gasteiger partial charge in [0.1, 0.15) is 11.6 Å². The quantitative estimate of drug-likeness (QED) is 0.379. The Kier molecular flexibility index (Phi) is 7.01. The fourth-order valence-corrected chi connectivity index (χ4v) is 3.21. The maximum atomic E-state index is 12.3. The van der Waals surface area contributed by atoms with Crippen LogP contribution in [0.5, 0.6) is 0 Å². The molecule has 0 spiro atoms. The lowest BCUT2D eigenvalue weighted by Crippen LogP contribution is -2.23. The predicted octanol–water partition coefficient (Wildman–Crippen LogP) is 4.17. The topological polar surface area (TPSA) is 123 Å². The molecule has 170 valence electrons. The van der Waals surface area contributed by atoms with Gasteiger partial charge in [0.05, 0.1) is 24.5 Å². The lowest BCUT2D eigenvalue weighted by Gasteiger charge is -2.10. The van der Waals surface area contributed by atoms with E-state index >= 15 is 0 Å². The van der Waals surface area contributed by atoms with Crippen molar-refractivity contribution in [1.29, 1.82) is 5.26 Å². The first-order valence-electron chi connectivity index (χ1n) is 10.2. The van der Waals surface area contributed by atoms with Gasteiger partial charge in [-0.3, -0.25) is 9.59 Å². The van der Waals surface area contributed by atoms with E-state index in [4.69, 9.17) is 20.8 Å². The van der Waals surface area contributed by atoms with Crippen molar-refractivity contribution < 1.29 is 18.7 Å². The van der Waals surface area contributed by atoms with Gasteiger partial charge in [0.2, 0.25) is 0 Å². The summed E-state index contributed by atoms with van der Waals surface area (Å²) in [5, 5.41) is 16.7. The Balaban J connectivity index is 1.29. The number of carbonyl (C=O) groups excluding carboxylic acids is 2. The number of aryl methyl sites for hydroxylation is 1. The number of nitriles is 1. The van der Waals surface area contributed by atoms with Crippen molar-refractivity contribution in [2.75, 3.05) is 11.9 Å². The van der Waals surface area contributed by atoms with Gasteiger partial charge in [-0.2, -0.15) is 10.4 Å². The summed E-state index contributed by atoms with van der Waals surface area (Å²) < 4.78 is 12.1. The van der Waals surface area contributed by atoms with Crippen molar-refractivity contribution in [2.24, 2.45) is 0 Å². The van der Waals surface area contributed by atoms with Crippen LogP contribution in [0.4, 0.5) is 5.82 Å². The highest BCUT2D eigenvalue weighted by Crippen LogP contribution is 2.23. The number of oxazole rings is 1. The van der Waals surface area contributed by atoms with Gasteiger partial charge in [0, 0.05) is 17.0 Å². The third-order valence-electron chi connectivity index (χ3n) is 4.74. The van der Waals surface area contributed by atoms with E-state index < -0.39 is 18.5 Å². The highest BCUT2D eigenvalue weighted by molar-refractivity contribution is 6.30. The standard InChI is InChI=1S/C24H18ClN5O4/c25-18-8-6-16(7-9-18)20-14-27-22(34-20)10-11-23(32)33-15-21(31)29-24-17(12-26)13-28-30(24)19-4-2-1-3-5-19/h1-9,13-14H,10-11,15H2,(H,29,31). The van der Waals surface area contributed by atoms with E-state index in [1.807, 2.05) is 24.3 Å². The highest BCUT2D eigenvalue weighted by Gasteiger charge is 2.17. The molecule has 9 nitrogen and oxygen atoms in total. The number of para-hydroxylation sites is 1. The lowest BCUT2D eigenvalue weighted by molar-refractivity contribution is -0.147. The van der Waals surface area contributed by atoms with Gasteiger partial charge >= 0.3 is 5.97 Å². The Morgan fingerprint density at radius 1 is 1.12 bits per heavy atom. The first-order chi connectivity index (χ1) is 16.5. The molecule has 2 aromatic heterocycles. The van der Waals surface area contributed by atoms with Crippen molar-refractivity contribution in [2.45, 2.75) is 12.8 Å². The van der Waals surface area contributed by atoms with Crippen molar-refractivity contribution >= 4 is 29.3 Å². The first kappa shape index (κ1) is 22.8. The van der Waals surface area contributed by atoms with Gasteiger partial charge in [-0.25, -0.2) is 9.67 Å². The van der Waals surface area contributed by atoms with E-state index in [0.717, 1.165) is 5.56 Å². The molecule has 0 atom stereocenters. The molecular formula is C24H18ClN5O4. The van der Waals surface area contributed by atoms with E-state index in [1.165, 1.54) is 10.9 Å². The van der Waals surface area contributed by atoms with Crippen molar-refractivity contribution in [3.63, 3.8) is 0 Å². The summed E-state index contributed by atoms with van der Waals surface area (Å²) in [6, 6.07) is 18.1. The van der Waals surface area contributed by atoms with Gasteiger partial charge in [0.15, 0.2) is 24.1 Å². The van der Waals surface area contributed by atoms with Crippen LogP contribution < -0.4 is 5.32 Å². The Labute approximate surface area is 199 Å². The molecule has 0 radical (unpaired) electrons. The average Bonchev–Trinajstić information content (AvgIpc) is 3.49. The number of esters is 1. The number of amides is 1. The normalized spacial score (nSPS) is 10.5. The molecule has 0 aliphatic heterocycles. The molecule has 0 saturated carbocycles. The second-order valence-electron chi connectivity index (χ2n) is 7.10. The fraction of sp³-hybridized carbons (Fsp3) is 0.125.